The number of carbonyl (C=O) groups is 2. The zero-order valence-electron chi connectivity index (χ0n) is 18.2. The molecule has 0 heterocycles. The molecule has 0 aromatic rings. The molecule has 2 N–H and O–H groups in total. The van der Waals surface area contributed by atoms with Crippen molar-refractivity contribution in [1.29, 1.82) is 0 Å². The highest BCUT2D eigenvalue weighted by Gasteiger charge is 2.49. The van der Waals surface area contributed by atoms with Crippen molar-refractivity contribution in [2.75, 3.05) is 13.2 Å². The molecule has 5 unspecified atom stereocenters. The molecule has 28 heavy (non-hydrogen) atoms. The summed E-state index contributed by atoms with van der Waals surface area (Å²) in [6.07, 6.45) is 6.01. The Morgan fingerprint density at radius 3 is 2.64 bits per heavy atom. The molecule has 0 amide bonds. The number of ether oxygens (including phenoxy) is 1. The van der Waals surface area contributed by atoms with Crippen molar-refractivity contribution in [1.82, 2.24) is 0 Å². The first-order chi connectivity index (χ1) is 13.0. The van der Waals surface area contributed by atoms with Gasteiger partial charge in [-0.15, -0.1) is 0 Å². The van der Waals surface area contributed by atoms with Gasteiger partial charge < -0.3 is 14.9 Å². The van der Waals surface area contributed by atoms with Crippen molar-refractivity contribution < 1.29 is 24.5 Å². The number of ketones is 1. The second kappa shape index (κ2) is 9.08. The number of hydrogen-bond acceptors (Lipinski definition) is 5. The second-order valence-electron chi connectivity index (χ2n) is 10.0. The van der Waals surface area contributed by atoms with Crippen LogP contribution in [0.4, 0.5) is 0 Å². The smallest absolute Gasteiger partial charge is 0.306 e. The van der Waals surface area contributed by atoms with Crippen LogP contribution < -0.4 is 0 Å². The summed E-state index contributed by atoms with van der Waals surface area (Å²) >= 11 is 0. The zero-order chi connectivity index (χ0) is 21.1. The Morgan fingerprint density at radius 1 is 1.32 bits per heavy atom. The highest BCUT2D eigenvalue weighted by molar-refractivity contribution is 5.92. The maximum atomic E-state index is 12.4. The number of fused-ring (bicyclic) bond motifs is 1. The summed E-state index contributed by atoms with van der Waals surface area (Å²) in [5, 5.41) is 18.1. The van der Waals surface area contributed by atoms with Crippen molar-refractivity contribution in [3.8, 4) is 0 Å². The van der Waals surface area contributed by atoms with Crippen LogP contribution in [0.1, 0.15) is 73.1 Å². The molecule has 2 rings (SSSR count). The second-order valence-corrected chi connectivity index (χ2v) is 10.0. The Labute approximate surface area is 169 Å². The minimum Gasteiger partial charge on any atom is -0.463 e. The number of aliphatic hydroxyl groups excluding tert-OH is 2. The third kappa shape index (κ3) is 5.24. The lowest BCUT2D eigenvalue weighted by molar-refractivity contribution is -0.148. The van der Waals surface area contributed by atoms with E-state index in [1.807, 2.05) is 13.0 Å². The van der Waals surface area contributed by atoms with Gasteiger partial charge in [0.15, 0.2) is 5.78 Å². The summed E-state index contributed by atoms with van der Waals surface area (Å²) in [6, 6.07) is 0. The molecule has 0 radical (unpaired) electrons. The molecule has 160 valence electrons. The fourth-order valence-electron chi connectivity index (χ4n) is 5.07. The number of esters is 1. The molecule has 2 aliphatic carbocycles. The number of carbonyl (C=O) groups excluding carboxylic acids is 2. The predicted octanol–water partition coefficient (Wildman–Crippen LogP) is 3.67. The monoisotopic (exact) mass is 394 g/mol. The topological polar surface area (TPSA) is 83.8 Å². The molecule has 0 aromatic heterocycles. The van der Waals surface area contributed by atoms with Crippen molar-refractivity contribution in [2.45, 2.75) is 79.2 Å². The van der Waals surface area contributed by atoms with Crippen LogP contribution >= 0.6 is 0 Å². The van der Waals surface area contributed by atoms with E-state index in [4.69, 9.17) is 9.84 Å². The Balaban J connectivity index is 2.01. The van der Waals surface area contributed by atoms with Gasteiger partial charge in [0, 0.05) is 12.8 Å². The molecule has 0 spiro atoms. The molecule has 0 saturated heterocycles. The van der Waals surface area contributed by atoms with E-state index < -0.39 is 12.7 Å². The fourth-order valence-corrected chi connectivity index (χ4v) is 5.07. The first-order valence-corrected chi connectivity index (χ1v) is 10.7. The minimum absolute atomic E-state index is 0.0124. The van der Waals surface area contributed by atoms with Gasteiger partial charge in [-0.05, 0) is 60.3 Å². The lowest BCUT2D eigenvalue weighted by Crippen LogP contribution is -2.44. The summed E-state index contributed by atoms with van der Waals surface area (Å²) in [5.74, 6) is 1.04. The fraction of sp³-hybridized carbons (Fsp3) is 0.826. The summed E-state index contributed by atoms with van der Waals surface area (Å²) in [5.41, 5.74) is 1.33. The van der Waals surface area contributed by atoms with Gasteiger partial charge in [0.05, 0.1) is 6.61 Å². The summed E-state index contributed by atoms with van der Waals surface area (Å²) in [7, 11) is 0. The number of rotatable bonds is 8. The zero-order valence-corrected chi connectivity index (χ0v) is 18.2. The van der Waals surface area contributed by atoms with Crippen LogP contribution in [0.2, 0.25) is 0 Å². The van der Waals surface area contributed by atoms with Gasteiger partial charge in [-0.2, -0.15) is 0 Å². The minimum atomic E-state index is -1.02. The van der Waals surface area contributed by atoms with Crippen LogP contribution in [0.25, 0.3) is 0 Å². The summed E-state index contributed by atoms with van der Waals surface area (Å²) in [6.45, 7) is 10.5. The van der Waals surface area contributed by atoms with Crippen LogP contribution in [0, 0.1) is 28.6 Å². The highest BCUT2D eigenvalue weighted by Crippen LogP contribution is 2.57. The lowest BCUT2D eigenvalue weighted by atomic mass is 9.52. The molecule has 2 aliphatic rings. The SMILES string of the molecule is CC(CCC1(C)C2=CC(=O)CC(C)(C)C2CCC1C)CC(=O)OCC(O)CO. The van der Waals surface area contributed by atoms with E-state index in [0.717, 1.165) is 19.3 Å². The van der Waals surface area contributed by atoms with Crippen LogP contribution in [0.3, 0.4) is 0 Å². The number of hydrogen-bond donors (Lipinski definition) is 2. The molecule has 1 fully saturated rings. The van der Waals surface area contributed by atoms with E-state index in [1.54, 1.807) is 0 Å². The van der Waals surface area contributed by atoms with Gasteiger partial charge in [0.25, 0.3) is 0 Å². The van der Waals surface area contributed by atoms with Gasteiger partial charge >= 0.3 is 5.97 Å². The molecule has 5 nitrogen and oxygen atoms in total. The average molecular weight is 395 g/mol. The average Bonchev–Trinajstić information content (AvgIpc) is 2.60. The van der Waals surface area contributed by atoms with E-state index in [1.165, 1.54) is 12.0 Å². The lowest BCUT2D eigenvalue weighted by Gasteiger charge is -2.52. The van der Waals surface area contributed by atoms with Crippen LogP contribution in [0.5, 0.6) is 0 Å². The third-order valence-corrected chi connectivity index (χ3v) is 7.22. The van der Waals surface area contributed by atoms with Crippen LogP contribution in [-0.4, -0.2) is 41.3 Å². The maximum absolute atomic E-state index is 12.4. The molecule has 1 saturated carbocycles. The molecular weight excluding hydrogens is 356 g/mol. The van der Waals surface area contributed by atoms with Gasteiger partial charge in [-0.3, -0.25) is 9.59 Å². The van der Waals surface area contributed by atoms with Crippen molar-refractivity contribution in [3.63, 3.8) is 0 Å². The standard InChI is InChI=1S/C23H38O5/c1-15(10-21(27)28-14-18(26)13-24)8-9-23(5)16(2)6-7-19-20(23)11-17(25)12-22(19,3)4/h11,15-16,18-19,24,26H,6-10,12-14H2,1-5H3. The third-order valence-electron chi connectivity index (χ3n) is 7.22. The normalized spacial score (nSPS) is 31.5. The Morgan fingerprint density at radius 2 is 2.00 bits per heavy atom. The van der Waals surface area contributed by atoms with E-state index in [0.29, 0.717) is 24.7 Å². The Kier molecular flexibility index (Phi) is 7.49. The molecule has 0 aromatic carbocycles. The first-order valence-electron chi connectivity index (χ1n) is 10.7. The van der Waals surface area contributed by atoms with E-state index >= 15 is 0 Å². The first kappa shape index (κ1) is 23.1. The number of aliphatic hydroxyl groups is 2. The molecule has 5 heteroatoms. The molecule has 5 atom stereocenters. The van der Waals surface area contributed by atoms with Crippen molar-refractivity contribution in [2.24, 2.45) is 28.6 Å². The van der Waals surface area contributed by atoms with Gasteiger partial charge in [-0.1, -0.05) is 40.2 Å². The van der Waals surface area contributed by atoms with Gasteiger partial charge in [-0.25, -0.2) is 0 Å². The van der Waals surface area contributed by atoms with E-state index in [2.05, 4.69) is 27.7 Å². The molecular formula is C23H38O5. The van der Waals surface area contributed by atoms with Crippen LogP contribution in [0.15, 0.2) is 11.6 Å². The molecule has 0 aliphatic heterocycles. The quantitative estimate of drug-likeness (QED) is 0.614. The Hall–Kier alpha value is -1.20. The Bertz CT molecular complexity index is 608. The molecule has 0 bridgehead atoms. The maximum Gasteiger partial charge on any atom is 0.306 e. The van der Waals surface area contributed by atoms with Crippen LogP contribution in [-0.2, 0) is 14.3 Å². The predicted molar refractivity (Wildman–Crippen MR) is 109 cm³/mol. The van der Waals surface area contributed by atoms with E-state index in [9.17, 15) is 14.7 Å². The largest absolute Gasteiger partial charge is 0.463 e. The highest BCUT2D eigenvalue weighted by atomic mass is 16.5. The van der Waals surface area contributed by atoms with Crippen molar-refractivity contribution in [3.05, 3.63) is 11.6 Å². The van der Waals surface area contributed by atoms with Gasteiger partial charge in [0.1, 0.15) is 12.7 Å². The van der Waals surface area contributed by atoms with Crippen molar-refractivity contribution >= 4 is 11.8 Å². The number of allylic oxidation sites excluding steroid dienone is 2. The van der Waals surface area contributed by atoms with E-state index in [-0.39, 0.29) is 35.1 Å². The van der Waals surface area contributed by atoms with Gasteiger partial charge in [0.2, 0.25) is 0 Å². The summed E-state index contributed by atoms with van der Waals surface area (Å²) < 4.78 is 5.03. The summed E-state index contributed by atoms with van der Waals surface area (Å²) in [4.78, 5) is 24.3.